The maximum absolute atomic E-state index is 11.7. The zero-order chi connectivity index (χ0) is 20.4. The summed E-state index contributed by atoms with van der Waals surface area (Å²) in [5, 5.41) is 9.61. The molecule has 0 spiro atoms. The summed E-state index contributed by atoms with van der Waals surface area (Å²) in [5.41, 5.74) is 2.46. The van der Waals surface area contributed by atoms with Crippen LogP contribution in [-0.4, -0.2) is 22.0 Å². The van der Waals surface area contributed by atoms with Crippen LogP contribution in [0.2, 0.25) is 0 Å². The number of carboxylic acid groups (broad SMARTS) is 1. The van der Waals surface area contributed by atoms with Crippen molar-refractivity contribution in [2.24, 2.45) is 5.92 Å². The molecule has 3 heteroatoms. The smallest absolute Gasteiger partial charge is 0.304 e. The summed E-state index contributed by atoms with van der Waals surface area (Å²) in [6, 6.07) is 21.0. The van der Waals surface area contributed by atoms with E-state index in [2.05, 4.69) is 74.2 Å². The van der Waals surface area contributed by atoms with E-state index in [9.17, 15) is 9.90 Å². The summed E-state index contributed by atoms with van der Waals surface area (Å²) in [7, 11) is 0. The minimum Gasteiger partial charge on any atom is -0.481 e. The van der Waals surface area contributed by atoms with Crippen LogP contribution in [0.3, 0.4) is 0 Å². The number of benzene rings is 2. The molecule has 0 fully saturated rings. The Balaban J connectivity index is 2.29. The minimum atomic E-state index is -0.717. The Kier molecular flexibility index (Phi) is 9.22. The molecule has 0 saturated heterocycles. The van der Waals surface area contributed by atoms with Crippen LogP contribution in [0.1, 0.15) is 70.0 Å². The Morgan fingerprint density at radius 1 is 1.00 bits per heavy atom. The van der Waals surface area contributed by atoms with E-state index in [-0.39, 0.29) is 18.5 Å². The minimum absolute atomic E-state index is 0.0137. The van der Waals surface area contributed by atoms with Crippen molar-refractivity contribution in [1.29, 1.82) is 0 Å². The van der Waals surface area contributed by atoms with Crippen molar-refractivity contribution in [3.05, 3.63) is 71.8 Å². The standard InChI is InChI=1S/C25H35NO2/c1-4-5-12-20(2)17-24(18-25(27)28)26(19-22-13-8-6-9-14-22)21(3)23-15-10-7-11-16-23/h6-11,13-16,20-21,24H,4-5,12,17-19H2,1-3H3,(H,27,28)/t20-,21+,24+/m1/s1. The molecular weight excluding hydrogens is 346 g/mol. The lowest BCUT2D eigenvalue weighted by Crippen LogP contribution is -2.39. The van der Waals surface area contributed by atoms with Crippen LogP contribution in [0, 0.1) is 5.92 Å². The van der Waals surface area contributed by atoms with Gasteiger partial charge in [0.25, 0.3) is 0 Å². The first-order valence-corrected chi connectivity index (χ1v) is 10.6. The lowest BCUT2D eigenvalue weighted by molar-refractivity contribution is -0.139. The van der Waals surface area contributed by atoms with Gasteiger partial charge in [0.2, 0.25) is 0 Å². The number of unbranched alkanes of at least 4 members (excludes halogenated alkanes) is 1. The van der Waals surface area contributed by atoms with Gasteiger partial charge in [0.15, 0.2) is 0 Å². The molecule has 152 valence electrons. The molecule has 0 unspecified atom stereocenters. The first-order valence-electron chi connectivity index (χ1n) is 10.6. The first-order chi connectivity index (χ1) is 13.5. The molecule has 2 aromatic carbocycles. The molecule has 0 aliphatic carbocycles. The van der Waals surface area contributed by atoms with E-state index in [1.54, 1.807) is 0 Å². The number of rotatable bonds is 12. The lowest BCUT2D eigenvalue weighted by Gasteiger charge is -2.37. The second-order valence-electron chi connectivity index (χ2n) is 7.98. The van der Waals surface area contributed by atoms with Crippen LogP contribution in [0.4, 0.5) is 0 Å². The summed E-state index contributed by atoms with van der Waals surface area (Å²) in [5.74, 6) is -0.198. The van der Waals surface area contributed by atoms with Gasteiger partial charge >= 0.3 is 5.97 Å². The molecule has 2 rings (SSSR count). The third kappa shape index (κ3) is 7.12. The second-order valence-corrected chi connectivity index (χ2v) is 7.98. The summed E-state index contributed by atoms with van der Waals surface area (Å²) < 4.78 is 0. The van der Waals surface area contributed by atoms with E-state index in [4.69, 9.17) is 0 Å². The van der Waals surface area contributed by atoms with Crippen molar-refractivity contribution in [3.63, 3.8) is 0 Å². The predicted octanol–water partition coefficient (Wildman–Crippen LogP) is 6.31. The Labute approximate surface area is 170 Å². The highest BCUT2D eigenvalue weighted by Crippen LogP contribution is 2.30. The molecular formula is C25H35NO2. The van der Waals surface area contributed by atoms with Gasteiger partial charge in [0, 0.05) is 18.6 Å². The van der Waals surface area contributed by atoms with E-state index in [1.165, 1.54) is 24.0 Å². The number of hydrogen-bond acceptors (Lipinski definition) is 2. The molecule has 2 aromatic rings. The first kappa shape index (κ1) is 22.2. The molecule has 0 aliphatic rings. The molecule has 0 amide bonds. The maximum Gasteiger partial charge on any atom is 0.304 e. The van der Waals surface area contributed by atoms with E-state index in [0.29, 0.717) is 5.92 Å². The third-order valence-electron chi connectivity index (χ3n) is 5.59. The van der Waals surface area contributed by atoms with E-state index >= 15 is 0 Å². The fourth-order valence-corrected chi connectivity index (χ4v) is 3.97. The van der Waals surface area contributed by atoms with Gasteiger partial charge in [-0.25, -0.2) is 0 Å². The van der Waals surface area contributed by atoms with Gasteiger partial charge in [-0.3, -0.25) is 9.69 Å². The zero-order valence-electron chi connectivity index (χ0n) is 17.6. The highest BCUT2D eigenvalue weighted by molar-refractivity contribution is 5.67. The average Bonchev–Trinajstić information content (AvgIpc) is 2.70. The molecule has 0 aliphatic heterocycles. The molecule has 28 heavy (non-hydrogen) atoms. The van der Waals surface area contributed by atoms with E-state index < -0.39 is 5.97 Å². The van der Waals surface area contributed by atoms with Crippen molar-refractivity contribution in [1.82, 2.24) is 4.90 Å². The summed E-state index contributed by atoms with van der Waals surface area (Å²) in [6.07, 6.45) is 4.64. The van der Waals surface area contributed by atoms with E-state index in [0.717, 1.165) is 19.4 Å². The maximum atomic E-state index is 11.7. The average molecular weight is 382 g/mol. The van der Waals surface area contributed by atoms with Crippen molar-refractivity contribution in [2.45, 2.75) is 71.5 Å². The Hall–Kier alpha value is -2.13. The molecule has 3 atom stereocenters. The molecule has 0 bridgehead atoms. The number of nitrogens with zero attached hydrogens (tertiary/aromatic N) is 1. The molecule has 3 nitrogen and oxygen atoms in total. The largest absolute Gasteiger partial charge is 0.481 e. The van der Waals surface area contributed by atoms with Gasteiger partial charge in [-0.2, -0.15) is 0 Å². The topological polar surface area (TPSA) is 40.5 Å². The molecule has 0 heterocycles. The van der Waals surface area contributed by atoms with Crippen LogP contribution < -0.4 is 0 Å². The molecule has 0 saturated carbocycles. The summed E-state index contributed by atoms with van der Waals surface area (Å²) in [4.78, 5) is 14.1. The normalized spacial score (nSPS) is 14.6. The van der Waals surface area contributed by atoms with Crippen LogP contribution >= 0.6 is 0 Å². The van der Waals surface area contributed by atoms with E-state index in [1.807, 2.05) is 12.1 Å². The molecule has 0 radical (unpaired) electrons. The van der Waals surface area contributed by atoms with Crippen LogP contribution in [0.15, 0.2) is 60.7 Å². The zero-order valence-corrected chi connectivity index (χ0v) is 17.6. The lowest BCUT2D eigenvalue weighted by atomic mass is 9.91. The van der Waals surface area contributed by atoms with Crippen molar-refractivity contribution in [3.8, 4) is 0 Å². The highest BCUT2D eigenvalue weighted by atomic mass is 16.4. The van der Waals surface area contributed by atoms with Gasteiger partial charge < -0.3 is 5.11 Å². The summed E-state index contributed by atoms with van der Waals surface area (Å²) in [6.45, 7) is 7.43. The van der Waals surface area contributed by atoms with Gasteiger partial charge in [-0.1, -0.05) is 93.8 Å². The SMILES string of the molecule is CCCC[C@@H](C)C[C@@H](CC(=O)O)N(Cc1ccccc1)[C@@H](C)c1ccccc1. The van der Waals surface area contributed by atoms with Crippen molar-refractivity contribution in [2.75, 3.05) is 0 Å². The number of aliphatic carboxylic acids is 1. The van der Waals surface area contributed by atoms with Crippen LogP contribution in [0.25, 0.3) is 0 Å². The van der Waals surface area contributed by atoms with Crippen LogP contribution in [-0.2, 0) is 11.3 Å². The van der Waals surface area contributed by atoms with Crippen molar-refractivity contribution < 1.29 is 9.90 Å². The van der Waals surface area contributed by atoms with Gasteiger partial charge in [0.1, 0.15) is 0 Å². The number of hydrogen-bond donors (Lipinski definition) is 1. The number of carboxylic acids is 1. The molecule has 1 N–H and O–H groups in total. The highest BCUT2D eigenvalue weighted by Gasteiger charge is 2.28. The fourth-order valence-electron chi connectivity index (χ4n) is 3.97. The molecule has 0 aromatic heterocycles. The quantitative estimate of drug-likeness (QED) is 0.468. The second kappa shape index (κ2) is 11.7. The fraction of sp³-hybridized carbons (Fsp3) is 0.480. The number of carbonyl (C=O) groups is 1. The third-order valence-corrected chi connectivity index (χ3v) is 5.59. The van der Waals surface area contributed by atoms with Gasteiger partial charge in [0.05, 0.1) is 6.42 Å². The summed E-state index contributed by atoms with van der Waals surface area (Å²) >= 11 is 0. The monoisotopic (exact) mass is 381 g/mol. The Bertz CT molecular complexity index is 686. The van der Waals surface area contributed by atoms with Crippen LogP contribution in [0.5, 0.6) is 0 Å². The predicted molar refractivity (Wildman–Crippen MR) is 116 cm³/mol. The Morgan fingerprint density at radius 2 is 1.61 bits per heavy atom. The Morgan fingerprint density at radius 3 is 2.18 bits per heavy atom. The van der Waals surface area contributed by atoms with Crippen molar-refractivity contribution >= 4 is 5.97 Å². The van der Waals surface area contributed by atoms with Gasteiger partial charge in [-0.05, 0) is 30.4 Å². The van der Waals surface area contributed by atoms with Gasteiger partial charge in [-0.15, -0.1) is 0 Å².